The van der Waals surface area contributed by atoms with E-state index < -0.39 is 0 Å². The first-order chi connectivity index (χ1) is 5.74. The molecule has 0 fully saturated rings. The van der Waals surface area contributed by atoms with Gasteiger partial charge in [0.25, 0.3) is 0 Å². The molecule has 1 rings (SSSR count). The van der Waals surface area contributed by atoms with Crippen LogP contribution in [0.3, 0.4) is 0 Å². The van der Waals surface area contributed by atoms with E-state index in [1.54, 1.807) is 12.4 Å². The molecule has 0 aliphatic heterocycles. The largest absolute Gasteiger partial charge is 0.347 e. The van der Waals surface area contributed by atoms with Gasteiger partial charge in [0.15, 0.2) is 0 Å². The number of hydrogen-bond acceptors (Lipinski definition) is 2. The molecule has 12 heavy (non-hydrogen) atoms. The fourth-order valence-corrected chi connectivity index (χ4v) is 1.16. The van der Waals surface area contributed by atoms with Crippen LogP contribution in [0.1, 0.15) is 32.0 Å². The van der Waals surface area contributed by atoms with Crippen molar-refractivity contribution in [2.45, 2.75) is 26.2 Å². The fraction of sp³-hybridized carbons (Fsp3) is 0.556. The summed E-state index contributed by atoms with van der Waals surface area (Å²) in [6, 6.07) is 2.24. The lowest BCUT2D eigenvalue weighted by Crippen LogP contribution is -2.02. The van der Waals surface area contributed by atoms with Crippen LogP contribution in [-0.2, 0) is 0 Å². The Morgan fingerprint density at radius 3 is 2.83 bits per heavy atom. The van der Waals surface area contributed by atoms with Gasteiger partial charge in [-0.3, -0.25) is 0 Å². The van der Waals surface area contributed by atoms with Crippen molar-refractivity contribution in [1.82, 2.24) is 9.97 Å². The zero-order chi connectivity index (χ0) is 8.97. The molecule has 1 unspecified atom stereocenters. The van der Waals surface area contributed by atoms with Crippen LogP contribution in [0.25, 0.3) is 0 Å². The number of aromatic nitrogens is 2. The first kappa shape index (κ1) is 8.79. The van der Waals surface area contributed by atoms with E-state index in [9.17, 15) is 0 Å². The fourth-order valence-electron chi connectivity index (χ4n) is 1.16. The molecule has 0 aliphatic carbocycles. The van der Waals surface area contributed by atoms with Crippen molar-refractivity contribution in [2.75, 3.05) is 0 Å². The minimum Gasteiger partial charge on any atom is -0.347 e. The number of hydrogen-bond donors (Lipinski definition) is 1. The lowest BCUT2D eigenvalue weighted by atomic mass is 9.98. The predicted molar refractivity (Wildman–Crippen MR) is 46.4 cm³/mol. The Bertz CT molecular complexity index is 256. The Labute approximate surface area is 72.4 Å². The molecular formula is C9H13N3. The van der Waals surface area contributed by atoms with Crippen molar-refractivity contribution < 1.29 is 0 Å². The van der Waals surface area contributed by atoms with Crippen LogP contribution in [0, 0.1) is 17.2 Å². The minimum atomic E-state index is -0.0833. The van der Waals surface area contributed by atoms with Crippen molar-refractivity contribution in [2.24, 2.45) is 5.92 Å². The number of nitrogens with one attached hydrogen (secondary N) is 1. The summed E-state index contributed by atoms with van der Waals surface area (Å²) in [6.45, 7) is 4.21. The molecular weight excluding hydrogens is 150 g/mol. The van der Waals surface area contributed by atoms with Crippen molar-refractivity contribution in [3.63, 3.8) is 0 Å². The average molecular weight is 163 g/mol. The molecule has 64 valence electrons. The quantitative estimate of drug-likeness (QED) is 0.741. The van der Waals surface area contributed by atoms with E-state index in [0.717, 1.165) is 12.2 Å². The highest BCUT2D eigenvalue weighted by molar-refractivity contribution is 5.07. The average Bonchev–Trinajstić information content (AvgIpc) is 2.51. The van der Waals surface area contributed by atoms with Crippen LogP contribution >= 0.6 is 0 Å². The topological polar surface area (TPSA) is 52.5 Å². The van der Waals surface area contributed by atoms with Gasteiger partial charge in [0.05, 0.1) is 6.07 Å². The standard InChI is InChI=1S/C9H13N3/c1-7(2)5-8(6-10)9-11-3-4-12-9/h3-4,7-8H,5H2,1-2H3,(H,11,12). The maximum Gasteiger partial charge on any atom is 0.123 e. The SMILES string of the molecule is CC(C)CC(C#N)c1ncc[nH]1. The van der Waals surface area contributed by atoms with Gasteiger partial charge in [0.1, 0.15) is 11.7 Å². The summed E-state index contributed by atoms with van der Waals surface area (Å²) in [7, 11) is 0. The molecule has 0 radical (unpaired) electrons. The van der Waals surface area contributed by atoms with E-state index in [-0.39, 0.29) is 5.92 Å². The van der Waals surface area contributed by atoms with Gasteiger partial charge >= 0.3 is 0 Å². The summed E-state index contributed by atoms with van der Waals surface area (Å²) in [5, 5.41) is 8.84. The molecule has 0 amide bonds. The van der Waals surface area contributed by atoms with Gasteiger partial charge in [-0.2, -0.15) is 5.26 Å². The van der Waals surface area contributed by atoms with Crippen molar-refractivity contribution in [3.8, 4) is 6.07 Å². The molecule has 1 atom stereocenters. The van der Waals surface area contributed by atoms with Crippen LogP contribution in [0.5, 0.6) is 0 Å². The molecule has 3 nitrogen and oxygen atoms in total. The highest BCUT2D eigenvalue weighted by Gasteiger charge is 2.13. The highest BCUT2D eigenvalue weighted by Crippen LogP contribution is 2.19. The zero-order valence-electron chi connectivity index (χ0n) is 7.41. The summed E-state index contributed by atoms with van der Waals surface area (Å²) in [5.74, 6) is 1.23. The Morgan fingerprint density at radius 1 is 1.67 bits per heavy atom. The molecule has 0 saturated heterocycles. The van der Waals surface area contributed by atoms with E-state index >= 15 is 0 Å². The Hall–Kier alpha value is -1.30. The second-order valence-electron chi connectivity index (χ2n) is 3.29. The van der Waals surface area contributed by atoms with Crippen LogP contribution in [0.2, 0.25) is 0 Å². The molecule has 0 aromatic carbocycles. The molecule has 0 saturated carbocycles. The summed E-state index contributed by atoms with van der Waals surface area (Å²) in [6.07, 6.45) is 4.30. The number of aromatic amines is 1. The summed E-state index contributed by atoms with van der Waals surface area (Å²) in [5.41, 5.74) is 0. The van der Waals surface area contributed by atoms with E-state index in [0.29, 0.717) is 5.92 Å². The van der Waals surface area contributed by atoms with E-state index in [4.69, 9.17) is 5.26 Å². The smallest absolute Gasteiger partial charge is 0.123 e. The summed E-state index contributed by atoms with van der Waals surface area (Å²) < 4.78 is 0. The Kier molecular flexibility index (Phi) is 2.87. The van der Waals surface area contributed by atoms with Gasteiger partial charge in [-0.25, -0.2) is 4.98 Å². The normalized spacial score (nSPS) is 12.8. The third-order valence-corrected chi connectivity index (χ3v) is 1.71. The molecule has 1 heterocycles. The zero-order valence-corrected chi connectivity index (χ0v) is 7.41. The maximum atomic E-state index is 8.84. The van der Waals surface area contributed by atoms with E-state index in [1.807, 2.05) is 0 Å². The molecule has 1 aromatic heterocycles. The molecule has 1 N–H and O–H groups in total. The second-order valence-corrected chi connectivity index (χ2v) is 3.29. The molecule has 0 spiro atoms. The summed E-state index contributed by atoms with van der Waals surface area (Å²) >= 11 is 0. The number of imidazole rings is 1. The number of nitriles is 1. The van der Waals surface area contributed by atoms with Crippen LogP contribution in [-0.4, -0.2) is 9.97 Å². The Balaban J connectivity index is 2.65. The van der Waals surface area contributed by atoms with Gasteiger partial charge in [-0.1, -0.05) is 13.8 Å². The van der Waals surface area contributed by atoms with Crippen molar-refractivity contribution in [3.05, 3.63) is 18.2 Å². The lowest BCUT2D eigenvalue weighted by Gasteiger charge is -2.07. The second kappa shape index (κ2) is 3.91. The Morgan fingerprint density at radius 2 is 2.42 bits per heavy atom. The lowest BCUT2D eigenvalue weighted by molar-refractivity contribution is 0.543. The molecule has 1 aromatic rings. The minimum absolute atomic E-state index is 0.0833. The first-order valence-electron chi connectivity index (χ1n) is 4.13. The van der Waals surface area contributed by atoms with Crippen molar-refractivity contribution >= 4 is 0 Å². The molecule has 0 aliphatic rings. The first-order valence-corrected chi connectivity index (χ1v) is 4.13. The monoisotopic (exact) mass is 163 g/mol. The third-order valence-electron chi connectivity index (χ3n) is 1.71. The van der Waals surface area contributed by atoms with Crippen LogP contribution in [0.4, 0.5) is 0 Å². The van der Waals surface area contributed by atoms with Crippen LogP contribution in [0.15, 0.2) is 12.4 Å². The number of rotatable bonds is 3. The number of H-pyrrole nitrogens is 1. The molecule has 3 heteroatoms. The third kappa shape index (κ3) is 2.09. The van der Waals surface area contributed by atoms with Gasteiger partial charge < -0.3 is 4.98 Å². The van der Waals surface area contributed by atoms with E-state index in [1.165, 1.54) is 0 Å². The van der Waals surface area contributed by atoms with E-state index in [2.05, 4.69) is 29.9 Å². The highest BCUT2D eigenvalue weighted by atomic mass is 14.9. The maximum absolute atomic E-state index is 8.84. The van der Waals surface area contributed by atoms with Gasteiger partial charge in [-0.15, -0.1) is 0 Å². The van der Waals surface area contributed by atoms with Gasteiger partial charge in [0.2, 0.25) is 0 Å². The van der Waals surface area contributed by atoms with Gasteiger partial charge in [0, 0.05) is 12.4 Å². The van der Waals surface area contributed by atoms with Crippen molar-refractivity contribution in [1.29, 1.82) is 5.26 Å². The molecule has 0 bridgehead atoms. The number of nitrogens with zero attached hydrogens (tertiary/aromatic N) is 2. The van der Waals surface area contributed by atoms with Crippen LogP contribution < -0.4 is 0 Å². The van der Waals surface area contributed by atoms with Gasteiger partial charge in [-0.05, 0) is 12.3 Å². The predicted octanol–water partition coefficient (Wildman–Crippen LogP) is 2.06. The summed E-state index contributed by atoms with van der Waals surface area (Å²) in [4.78, 5) is 7.02.